The first-order chi connectivity index (χ1) is 10.8. The van der Waals surface area contributed by atoms with Gasteiger partial charge >= 0.3 is 0 Å². The second kappa shape index (κ2) is 5.66. The fraction of sp³-hybridized carbons (Fsp3) is 0.400. The Kier molecular flexibility index (Phi) is 3.51. The van der Waals surface area contributed by atoms with Gasteiger partial charge in [-0.25, -0.2) is 4.98 Å². The molecule has 6 nitrogen and oxygen atoms in total. The van der Waals surface area contributed by atoms with Crippen LogP contribution >= 0.6 is 11.3 Å². The molecule has 4 rings (SSSR count). The standard InChI is InChI=1S/C15H16N4O2S/c20-12-8-11(10-2-1-3-16-9-10)13-14(17-12)18-15(22-13)19-4-6-21-7-5-19/h1-3,9,11H,4-8H2,(H,17,20)/t11-/m0/s1. The molecule has 0 unspecified atom stereocenters. The lowest BCUT2D eigenvalue weighted by atomic mass is 9.93. The number of carbonyl (C=O) groups excluding carboxylic acids is 1. The summed E-state index contributed by atoms with van der Waals surface area (Å²) in [5.74, 6) is 0.765. The molecule has 1 atom stereocenters. The molecule has 1 amide bonds. The van der Waals surface area contributed by atoms with Crippen LogP contribution in [0.15, 0.2) is 24.5 Å². The summed E-state index contributed by atoms with van der Waals surface area (Å²) in [5.41, 5.74) is 1.07. The lowest BCUT2D eigenvalue weighted by Crippen LogP contribution is -2.36. The van der Waals surface area contributed by atoms with Crippen LogP contribution in [0.5, 0.6) is 0 Å². The summed E-state index contributed by atoms with van der Waals surface area (Å²) < 4.78 is 5.39. The largest absolute Gasteiger partial charge is 0.378 e. The van der Waals surface area contributed by atoms with Gasteiger partial charge in [0.05, 0.1) is 18.1 Å². The summed E-state index contributed by atoms with van der Waals surface area (Å²) >= 11 is 1.66. The van der Waals surface area contributed by atoms with Gasteiger partial charge in [-0.2, -0.15) is 0 Å². The quantitative estimate of drug-likeness (QED) is 0.916. The van der Waals surface area contributed by atoms with Crippen molar-refractivity contribution in [3.8, 4) is 0 Å². The Morgan fingerprint density at radius 2 is 2.23 bits per heavy atom. The Morgan fingerprint density at radius 1 is 1.36 bits per heavy atom. The molecule has 0 spiro atoms. The first-order valence-electron chi connectivity index (χ1n) is 7.34. The Morgan fingerprint density at radius 3 is 3.00 bits per heavy atom. The highest BCUT2D eigenvalue weighted by molar-refractivity contribution is 7.16. The minimum atomic E-state index is 0.0141. The van der Waals surface area contributed by atoms with Crippen molar-refractivity contribution < 1.29 is 9.53 Å². The van der Waals surface area contributed by atoms with E-state index in [4.69, 9.17) is 4.74 Å². The summed E-state index contributed by atoms with van der Waals surface area (Å²) in [6, 6.07) is 3.93. The number of ether oxygens (including phenoxy) is 1. The van der Waals surface area contributed by atoms with Crippen molar-refractivity contribution in [1.82, 2.24) is 9.97 Å². The van der Waals surface area contributed by atoms with Gasteiger partial charge in [-0.05, 0) is 11.6 Å². The highest BCUT2D eigenvalue weighted by Gasteiger charge is 2.31. The normalized spacial score (nSPS) is 21.4. The van der Waals surface area contributed by atoms with E-state index >= 15 is 0 Å². The number of carbonyl (C=O) groups is 1. The number of hydrogen-bond donors (Lipinski definition) is 1. The minimum absolute atomic E-state index is 0.0141. The molecule has 0 aliphatic carbocycles. The maximum atomic E-state index is 12.0. The lowest BCUT2D eigenvalue weighted by Gasteiger charge is -2.26. The maximum Gasteiger partial charge on any atom is 0.226 e. The van der Waals surface area contributed by atoms with Crippen molar-refractivity contribution in [3.05, 3.63) is 35.0 Å². The monoisotopic (exact) mass is 316 g/mol. The van der Waals surface area contributed by atoms with Crippen LogP contribution in [0.1, 0.15) is 22.8 Å². The fourth-order valence-electron chi connectivity index (χ4n) is 2.85. The first kappa shape index (κ1) is 13.7. The zero-order valence-corrected chi connectivity index (χ0v) is 12.8. The zero-order valence-electron chi connectivity index (χ0n) is 12.0. The summed E-state index contributed by atoms with van der Waals surface area (Å²) in [4.78, 5) is 24.2. The van der Waals surface area contributed by atoms with Gasteiger partial charge in [-0.1, -0.05) is 17.4 Å². The average molecular weight is 316 g/mol. The van der Waals surface area contributed by atoms with Crippen LogP contribution in [0, 0.1) is 0 Å². The number of anilines is 2. The summed E-state index contributed by atoms with van der Waals surface area (Å²) in [6.07, 6.45) is 4.03. The van der Waals surface area contributed by atoms with E-state index in [9.17, 15) is 4.79 Å². The predicted octanol–water partition coefficient (Wildman–Crippen LogP) is 1.85. The molecule has 7 heteroatoms. The Balaban J connectivity index is 1.70. The third-order valence-corrected chi connectivity index (χ3v) is 5.20. The van der Waals surface area contributed by atoms with Gasteiger partial charge in [-0.15, -0.1) is 0 Å². The molecule has 1 N–H and O–H groups in total. The molecule has 22 heavy (non-hydrogen) atoms. The van der Waals surface area contributed by atoms with Crippen molar-refractivity contribution in [1.29, 1.82) is 0 Å². The van der Waals surface area contributed by atoms with Crippen LogP contribution in [0.3, 0.4) is 0 Å². The number of fused-ring (bicyclic) bond motifs is 1. The second-order valence-corrected chi connectivity index (χ2v) is 6.41. The Bertz CT molecular complexity index is 682. The number of morpholine rings is 1. The van der Waals surface area contributed by atoms with Crippen LogP contribution in [0.25, 0.3) is 0 Å². The van der Waals surface area contributed by atoms with Crippen molar-refractivity contribution in [2.45, 2.75) is 12.3 Å². The van der Waals surface area contributed by atoms with Crippen LogP contribution in [-0.2, 0) is 9.53 Å². The molecular weight excluding hydrogens is 300 g/mol. The number of nitrogens with zero attached hydrogens (tertiary/aromatic N) is 3. The van der Waals surface area contributed by atoms with E-state index in [2.05, 4.69) is 20.2 Å². The molecule has 2 aromatic heterocycles. The molecule has 2 aromatic rings. The van der Waals surface area contributed by atoms with Gasteiger partial charge in [-0.3, -0.25) is 9.78 Å². The van der Waals surface area contributed by atoms with Gasteiger partial charge < -0.3 is 15.0 Å². The molecule has 2 aliphatic rings. The van der Waals surface area contributed by atoms with E-state index in [1.165, 1.54) is 0 Å². The van der Waals surface area contributed by atoms with E-state index in [1.54, 1.807) is 17.5 Å². The first-order valence-corrected chi connectivity index (χ1v) is 8.16. The van der Waals surface area contributed by atoms with Gasteiger partial charge in [0.25, 0.3) is 0 Å². The van der Waals surface area contributed by atoms with Crippen molar-refractivity contribution in [3.63, 3.8) is 0 Å². The Hall–Kier alpha value is -1.99. The lowest BCUT2D eigenvalue weighted by molar-refractivity contribution is -0.116. The number of pyridine rings is 1. The van der Waals surface area contributed by atoms with Gasteiger partial charge in [0.1, 0.15) is 5.82 Å². The van der Waals surface area contributed by atoms with Crippen LogP contribution < -0.4 is 10.2 Å². The molecule has 1 saturated heterocycles. The summed E-state index contributed by atoms with van der Waals surface area (Å²) in [6.45, 7) is 3.14. The zero-order chi connectivity index (χ0) is 14.9. The minimum Gasteiger partial charge on any atom is -0.378 e. The number of nitrogens with one attached hydrogen (secondary N) is 1. The van der Waals surface area contributed by atoms with Crippen molar-refractivity contribution in [2.75, 3.05) is 36.5 Å². The highest BCUT2D eigenvalue weighted by atomic mass is 32.1. The fourth-order valence-corrected chi connectivity index (χ4v) is 4.05. The molecule has 114 valence electrons. The highest BCUT2D eigenvalue weighted by Crippen LogP contribution is 2.43. The van der Waals surface area contributed by atoms with Crippen LogP contribution in [-0.4, -0.2) is 42.2 Å². The van der Waals surface area contributed by atoms with E-state index in [1.807, 2.05) is 18.3 Å². The third-order valence-electron chi connectivity index (χ3n) is 3.97. The van der Waals surface area contributed by atoms with E-state index in [0.717, 1.165) is 41.9 Å². The van der Waals surface area contributed by atoms with E-state index in [-0.39, 0.29) is 11.8 Å². The van der Waals surface area contributed by atoms with Crippen molar-refractivity contribution >= 4 is 28.2 Å². The van der Waals surface area contributed by atoms with Crippen LogP contribution in [0.2, 0.25) is 0 Å². The molecule has 0 radical (unpaired) electrons. The molecule has 4 heterocycles. The number of rotatable bonds is 2. The second-order valence-electron chi connectivity index (χ2n) is 5.40. The molecule has 0 aromatic carbocycles. The Labute approximate surface area is 132 Å². The number of amides is 1. The van der Waals surface area contributed by atoms with Crippen molar-refractivity contribution in [2.24, 2.45) is 0 Å². The molecule has 2 aliphatic heterocycles. The van der Waals surface area contributed by atoms with Crippen LogP contribution in [0.4, 0.5) is 10.9 Å². The predicted molar refractivity (Wildman–Crippen MR) is 84.5 cm³/mol. The average Bonchev–Trinajstić information content (AvgIpc) is 2.99. The molecule has 0 bridgehead atoms. The van der Waals surface area contributed by atoms with Gasteiger partial charge in [0, 0.05) is 37.8 Å². The number of thiazole rings is 1. The van der Waals surface area contributed by atoms with Gasteiger partial charge in [0.15, 0.2) is 5.13 Å². The molecule has 0 saturated carbocycles. The summed E-state index contributed by atoms with van der Waals surface area (Å²) in [7, 11) is 0. The number of aromatic nitrogens is 2. The van der Waals surface area contributed by atoms with E-state index in [0.29, 0.717) is 12.2 Å². The molecular formula is C15H16N4O2S. The molecule has 1 fully saturated rings. The van der Waals surface area contributed by atoms with Gasteiger partial charge in [0.2, 0.25) is 5.91 Å². The third kappa shape index (κ3) is 2.46. The summed E-state index contributed by atoms with van der Waals surface area (Å²) in [5, 5.41) is 3.86. The number of hydrogen-bond acceptors (Lipinski definition) is 6. The maximum absolute atomic E-state index is 12.0. The van der Waals surface area contributed by atoms with E-state index < -0.39 is 0 Å². The topological polar surface area (TPSA) is 67.4 Å². The smallest absolute Gasteiger partial charge is 0.226 e. The SMILES string of the molecule is O=C1C[C@@H](c2cccnc2)c2sc(N3CCOCC3)nc2N1.